The Labute approximate surface area is 84.6 Å². The van der Waals surface area contributed by atoms with Crippen LogP contribution in [0.3, 0.4) is 0 Å². The van der Waals surface area contributed by atoms with Crippen molar-refractivity contribution in [2.45, 2.75) is 12.8 Å². The van der Waals surface area contributed by atoms with Crippen LogP contribution in [-0.4, -0.2) is 25.7 Å². The molecule has 1 unspecified atom stereocenters. The molecule has 1 atom stereocenters. The molecule has 0 aliphatic rings. The molecule has 0 amide bonds. The average molecular weight is 195 g/mol. The van der Waals surface area contributed by atoms with Gasteiger partial charge in [-0.05, 0) is 11.6 Å². The summed E-state index contributed by atoms with van der Waals surface area (Å²) in [6, 6.07) is 4.04. The first-order valence-electron chi connectivity index (χ1n) is 4.60. The monoisotopic (exact) mass is 195 g/mol. The summed E-state index contributed by atoms with van der Waals surface area (Å²) in [6.07, 6.45) is 1.86. The highest BCUT2D eigenvalue weighted by molar-refractivity contribution is 5.37. The van der Waals surface area contributed by atoms with Crippen molar-refractivity contribution in [1.29, 1.82) is 0 Å². The van der Waals surface area contributed by atoms with Crippen LogP contribution in [0.4, 0.5) is 5.82 Å². The van der Waals surface area contributed by atoms with Crippen molar-refractivity contribution in [3.05, 3.63) is 23.9 Å². The lowest BCUT2D eigenvalue weighted by Crippen LogP contribution is -2.12. The van der Waals surface area contributed by atoms with Crippen LogP contribution < -0.4 is 10.8 Å². The van der Waals surface area contributed by atoms with E-state index in [0.717, 1.165) is 11.4 Å². The minimum atomic E-state index is 0.281. The van der Waals surface area contributed by atoms with Crippen molar-refractivity contribution in [3.8, 4) is 0 Å². The second-order valence-corrected chi connectivity index (χ2v) is 3.58. The number of nitrogens with zero attached hydrogens (tertiary/aromatic N) is 2. The van der Waals surface area contributed by atoms with Gasteiger partial charge >= 0.3 is 0 Å². The van der Waals surface area contributed by atoms with E-state index in [4.69, 9.17) is 5.90 Å². The third-order valence-electron chi connectivity index (χ3n) is 2.14. The summed E-state index contributed by atoms with van der Waals surface area (Å²) in [5.74, 6) is 6.25. The molecule has 1 aromatic rings. The molecule has 1 rings (SSSR count). The van der Waals surface area contributed by atoms with E-state index in [1.165, 1.54) is 0 Å². The standard InChI is InChI=1S/C10H17N3O/c1-8(7-14-11)9-4-5-10(12-6-9)13(2)3/h4-6,8H,7,11H2,1-3H3. The van der Waals surface area contributed by atoms with Gasteiger partial charge in [0.25, 0.3) is 0 Å². The summed E-state index contributed by atoms with van der Waals surface area (Å²) >= 11 is 0. The fourth-order valence-corrected chi connectivity index (χ4v) is 1.19. The Morgan fingerprint density at radius 3 is 2.64 bits per heavy atom. The van der Waals surface area contributed by atoms with Crippen LogP contribution in [0, 0.1) is 0 Å². The number of rotatable bonds is 4. The molecule has 0 fully saturated rings. The molecule has 2 N–H and O–H groups in total. The molecule has 78 valence electrons. The van der Waals surface area contributed by atoms with Gasteiger partial charge in [-0.15, -0.1) is 0 Å². The number of pyridine rings is 1. The van der Waals surface area contributed by atoms with Gasteiger partial charge in [-0.3, -0.25) is 0 Å². The molecule has 1 heterocycles. The molecule has 4 heteroatoms. The lowest BCUT2D eigenvalue weighted by Gasteiger charge is -2.13. The molecule has 0 saturated carbocycles. The molecular weight excluding hydrogens is 178 g/mol. The fourth-order valence-electron chi connectivity index (χ4n) is 1.19. The van der Waals surface area contributed by atoms with Crippen molar-refractivity contribution in [3.63, 3.8) is 0 Å². The third-order valence-corrected chi connectivity index (χ3v) is 2.14. The van der Waals surface area contributed by atoms with Gasteiger partial charge in [-0.2, -0.15) is 0 Å². The fraction of sp³-hybridized carbons (Fsp3) is 0.500. The van der Waals surface area contributed by atoms with Crippen LogP contribution in [0.1, 0.15) is 18.4 Å². The normalized spacial score (nSPS) is 12.6. The van der Waals surface area contributed by atoms with E-state index in [9.17, 15) is 0 Å². The SMILES string of the molecule is CC(CON)c1ccc(N(C)C)nc1. The average Bonchev–Trinajstić information content (AvgIpc) is 2.18. The maximum atomic E-state index is 5.02. The van der Waals surface area contributed by atoms with Crippen LogP contribution in [0.25, 0.3) is 0 Å². The highest BCUT2D eigenvalue weighted by atomic mass is 16.6. The first kappa shape index (κ1) is 10.9. The van der Waals surface area contributed by atoms with Crippen LogP contribution in [0.5, 0.6) is 0 Å². The number of anilines is 1. The highest BCUT2D eigenvalue weighted by Crippen LogP contribution is 2.16. The maximum Gasteiger partial charge on any atom is 0.127 e. The van der Waals surface area contributed by atoms with Crippen LogP contribution in [0.2, 0.25) is 0 Å². The minimum absolute atomic E-state index is 0.281. The summed E-state index contributed by atoms with van der Waals surface area (Å²) in [7, 11) is 3.93. The molecule has 0 bridgehead atoms. The molecule has 0 aromatic carbocycles. The quantitative estimate of drug-likeness (QED) is 0.732. The second kappa shape index (κ2) is 4.93. The van der Waals surface area contributed by atoms with Crippen molar-refractivity contribution < 1.29 is 4.84 Å². The van der Waals surface area contributed by atoms with Crippen molar-refractivity contribution in [2.24, 2.45) is 5.90 Å². The van der Waals surface area contributed by atoms with E-state index in [1.54, 1.807) is 0 Å². The molecule has 1 aromatic heterocycles. The summed E-state index contributed by atoms with van der Waals surface area (Å²) in [6.45, 7) is 2.57. The van der Waals surface area contributed by atoms with E-state index in [-0.39, 0.29) is 5.92 Å². The van der Waals surface area contributed by atoms with Crippen LogP contribution >= 0.6 is 0 Å². The number of nitrogens with two attached hydrogens (primary N) is 1. The first-order chi connectivity index (χ1) is 6.65. The lowest BCUT2D eigenvalue weighted by molar-refractivity contribution is 0.126. The van der Waals surface area contributed by atoms with E-state index in [1.807, 2.05) is 37.3 Å². The third kappa shape index (κ3) is 2.68. The predicted octanol–water partition coefficient (Wildman–Crippen LogP) is 1.14. The van der Waals surface area contributed by atoms with E-state index < -0.39 is 0 Å². The lowest BCUT2D eigenvalue weighted by atomic mass is 10.0. The zero-order valence-corrected chi connectivity index (χ0v) is 8.90. The molecule has 0 aliphatic carbocycles. The molecule has 0 spiro atoms. The Bertz CT molecular complexity index is 271. The number of hydrogen-bond donors (Lipinski definition) is 1. The van der Waals surface area contributed by atoms with Gasteiger partial charge in [-0.25, -0.2) is 10.9 Å². The molecule has 14 heavy (non-hydrogen) atoms. The Kier molecular flexibility index (Phi) is 3.85. The topological polar surface area (TPSA) is 51.4 Å². The van der Waals surface area contributed by atoms with Crippen LogP contribution in [-0.2, 0) is 4.84 Å². The van der Waals surface area contributed by atoms with Crippen molar-refractivity contribution in [2.75, 3.05) is 25.6 Å². The summed E-state index contributed by atoms with van der Waals surface area (Å²) < 4.78 is 0. The smallest absolute Gasteiger partial charge is 0.127 e. The van der Waals surface area contributed by atoms with Gasteiger partial charge in [-0.1, -0.05) is 13.0 Å². The second-order valence-electron chi connectivity index (χ2n) is 3.58. The van der Waals surface area contributed by atoms with Crippen LogP contribution in [0.15, 0.2) is 18.3 Å². The Morgan fingerprint density at radius 1 is 1.50 bits per heavy atom. The van der Waals surface area contributed by atoms with Gasteiger partial charge in [0.15, 0.2) is 0 Å². The van der Waals surface area contributed by atoms with Crippen molar-refractivity contribution in [1.82, 2.24) is 4.98 Å². The molecule has 4 nitrogen and oxygen atoms in total. The molecule has 0 aliphatic heterocycles. The number of hydrogen-bond acceptors (Lipinski definition) is 4. The van der Waals surface area contributed by atoms with Gasteiger partial charge in [0.05, 0.1) is 6.61 Å². The van der Waals surface area contributed by atoms with Gasteiger partial charge in [0.2, 0.25) is 0 Å². The van der Waals surface area contributed by atoms with Gasteiger partial charge < -0.3 is 9.74 Å². The predicted molar refractivity (Wildman–Crippen MR) is 57.1 cm³/mol. The first-order valence-corrected chi connectivity index (χ1v) is 4.60. The Hall–Kier alpha value is -1.13. The molecular formula is C10H17N3O. The van der Waals surface area contributed by atoms with Gasteiger partial charge in [0, 0.05) is 26.2 Å². The molecule has 0 radical (unpaired) electrons. The Morgan fingerprint density at radius 2 is 2.21 bits per heavy atom. The van der Waals surface area contributed by atoms with E-state index >= 15 is 0 Å². The Balaban J connectivity index is 2.72. The zero-order valence-electron chi connectivity index (χ0n) is 8.90. The van der Waals surface area contributed by atoms with Crippen molar-refractivity contribution >= 4 is 5.82 Å². The number of aromatic nitrogens is 1. The van der Waals surface area contributed by atoms with E-state index in [2.05, 4.69) is 16.7 Å². The molecule has 0 saturated heterocycles. The summed E-state index contributed by atoms with van der Waals surface area (Å²) in [5, 5.41) is 0. The zero-order chi connectivity index (χ0) is 10.6. The summed E-state index contributed by atoms with van der Waals surface area (Å²) in [5.41, 5.74) is 1.14. The van der Waals surface area contributed by atoms with E-state index in [0.29, 0.717) is 6.61 Å². The summed E-state index contributed by atoms with van der Waals surface area (Å²) in [4.78, 5) is 10.9. The maximum absolute atomic E-state index is 5.02. The largest absolute Gasteiger partial charge is 0.363 e. The van der Waals surface area contributed by atoms with Gasteiger partial charge in [0.1, 0.15) is 5.82 Å². The minimum Gasteiger partial charge on any atom is -0.363 e. The highest BCUT2D eigenvalue weighted by Gasteiger charge is 2.06.